The van der Waals surface area contributed by atoms with Crippen LogP contribution < -0.4 is 5.32 Å². The van der Waals surface area contributed by atoms with E-state index in [9.17, 15) is 8.78 Å². The molecule has 3 heteroatoms. The third kappa shape index (κ3) is 4.45. The lowest BCUT2D eigenvalue weighted by Gasteiger charge is -2.35. The van der Waals surface area contributed by atoms with Crippen molar-refractivity contribution in [1.82, 2.24) is 5.32 Å². The molecule has 0 radical (unpaired) electrons. The van der Waals surface area contributed by atoms with Crippen LogP contribution in [0.15, 0.2) is 0 Å². The first-order valence-electron chi connectivity index (χ1n) is 6.05. The summed E-state index contributed by atoms with van der Waals surface area (Å²) in [5.74, 6) is 0.350. The summed E-state index contributed by atoms with van der Waals surface area (Å²) in [6, 6.07) is 0. The van der Waals surface area contributed by atoms with Crippen LogP contribution in [0.25, 0.3) is 0 Å². The summed E-state index contributed by atoms with van der Waals surface area (Å²) >= 11 is 0. The van der Waals surface area contributed by atoms with Crippen LogP contribution in [0.3, 0.4) is 0 Å². The normalized spacial score (nSPS) is 17.8. The highest BCUT2D eigenvalue weighted by Gasteiger charge is 2.38. The number of nitrogens with one attached hydrogen (secondary N) is 1. The molecule has 0 aliphatic heterocycles. The predicted octanol–water partition coefficient (Wildman–Crippen LogP) is 3.84. The van der Waals surface area contributed by atoms with Crippen molar-refractivity contribution in [2.45, 2.75) is 65.3 Å². The molecule has 2 unspecified atom stereocenters. The third-order valence-electron chi connectivity index (χ3n) is 3.19. The Kier molecular flexibility index (Phi) is 7.07. The van der Waals surface area contributed by atoms with Gasteiger partial charge in [-0.1, -0.05) is 34.1 Å². The van der Waals surface area contributed by atoms with Gasteiger partial charge in [-0.05, 0) is 31.7 Å². The van der Waals surface area contributed by atoms with E-state index in [-0.39, 0.29) is 0 Å². The number of halogens is 2. The molecule has 0 aliphatic carbocycles. The van der Waals surface area contributed by atoms with Crippen molar-refractivity contribution in [2.75, 3.05) is 6.54 Å². The van der Waals surface area contributed by atoms with Gasteiger partial charge in [0.05, 0.1) is 5.54 Å². The van der Waals surface area contributed by atoms with Crippen molar-refractivity contribution in [2.24, 2.45) is 5.92 Å². The highest BCUT2D eigenvalue weighted by Crippen LogP contribution is 2.29. The summed E-state index contributed by atoms with van der Waals surface area (Å²) < 4.78 is 26.2. The Morgan fingerprint density at radius 3 is 2.13 bits per heavy atom. The summed E-state index contributed by atoms with van der Waals surface area (Å²) in [6.45, 7) is 8.62. The first kappa shape index (κ1) is 14.8. The standard InChI is InChI=1S/C12H25F2N/c1-5-8-15-12(7-3,11(13)14)9-10(4)6-2/h10-11,15H,5-9H2,1-4H3. The van der Waals surface area contributed by atoms with Gasteiger partial charge in [0.15, 0.2) is 0 Å². The molecule has 0 fully saturated rings. The third-order valence-corrected chi connectivity index (χ3v) is 3.19. The van der Waals surface area contributed by atoms with E-state index in [2.05, 4.69) is 12.2 Å². The molecule has 0 saturated carbocycles. The Morgan fingerprint density at radius 1 is 1.20 bits per heavy atom. The van der Waals surface area contributed by atoms with Crippen LogP contribution in [0.2, 0.25) is 0 Å². The quantitative estimate of drug-likeness (QED) is 0.656. The van der Waals surface area contributed by atoms with Gasteiger partial charge in [0, 0.05) is 0 Å². The SMILES string of the molecule is CCCNC(CC)(CC(C)CC)C(F)F. The van der Waals surface area contributed by atoms with Gasteiger partial charge >= 0.3 is 0 Å². The van der Waals surface area contributed by atoms with E-state index < -0.39 is 12.0 Å². The molecule has 15 heavy (non-hydrogen) atoms. The van der Waals surface area contributed by atoms with Crippen molar-refractivity contribution in [3.63, 3.8) is 0 Å². The van der Waals surface area contributed by atoms with E-state index in [4.69, 9.17) is 0 Å². The highest BCUT2D eigenvalue weighted by molar-refractivity contribution is 4.90. The molecule has 0 aromatic rings. The second-order valence-electron chi connectivity index (χ2n) is 4.45. The van der Waals surface area contributed by atoms with E-state index in [1.807, 2.05) is 20.8 Å². The Bertz CT molecular complexity index is 162. The second kappa shape index (κ2) is 7.15. The van der Waals surface area contributed by atoms with E-state index in [0.29, 0.717) is 25.3 Å². The molecule has 0 aliphatic rings. The summed E-state index contributed by atoms with van der Waals surface area (Å²) in [5.41, 5.74) is -0.967. The highest BCUT2D eigenvalue weighted by atomic mass is 19.3. The van der Waals surface area contributed by atoms with Crippen LogP contribution in [0.5, 0.6) is 0 Å². The molecule has 0 amide bonds. The van der Waals surface area contributed by atoms with Crippen LogP contribution in [0.4, 0.5) is 8.78 Å². The predicted molar refractivity (Wildman–Crippen MR) is 61.4 cm³/mol. The Hall–Kier alpha value is -0.180. The van der Waals surface area contributed by atoms with Crippen molar-refractivity contribution in [1.29, 1.82) is 0 Å². The molecule has 0 aromatic carbocycles. The smallest absolute Gasteiger partial charge is 0.256 e. The molecule has 1 N–H and O–H groups in total. The molecule has 0 rings (SSSR count). The fourth-order valence-electron chi connectivity index (χ4n) is 1.80. The summed E-state index contributed by atoms with van der Waals surface area (Å²) in [4.78, 5) is 0. The molecular formula is C12H25F2N. The first-order valence-corrected chi connectivity index (χ1v) is 6.05. The van der Waals surface area contributed by atoms with Crippen molar-refractivity contribution in [3.05, 3.63) is 0 Å². The Morgan fingerprint density at radius 2 is 1.80 bits per heavy atom. The maximum atomic E-state index is 13.1. The van der Waals surface area contributed by atoms with Gasteiger partial charge < -0.3 is 5.32 Å². The van der Waals surface area contributed by atoms with Gasteiger partial charge in [-0.3, -0.25) is 0 Å². The van der Waals surface area contributed by atoms with E-state index in [1.54, 1.807) is 0 Å². The Balaban J connectivity index is 4.49. The lowest BCUT2D eigenvalue weighted by molar-refractivity contribution is 0.0127. The number of hydrogen-bond acceptors (Lipinski definition) is 1. The van der Waals surface area contributed by atoms with Gasteiger partial charge in [0.1, 0.15) is 0 Å². The molecule has 0 bridgehead atoms. The van der Waals surface area contributed by atoms with Crippen molar-refractivity contribution >= 4 is 0 Å². The average molecular weight is 221 g/mol. The Labute approximate surface area is 92.6 Å². The topological polar surface area (TPSA) is 12.0 Å². The van der Waals surface area contributed by atoms with Crippen LogP contribution in [-0.4, -0.2) is 18.5 Å². The summed E-state index contributed by atoms with van der Waals surface area (Å²) in [7, 11) is 0. The second-order valence-corrected chi connectivity index (χ2v) is 4.45. The summed E-state index contributed by atoms with van der Waals surface area (Å²) in [5, 5.41) is 3.05. The fraction of sp³-hybridized carbons (Fsp3) is 1.00. The molecule has 92 valence electrons. The maximum absolute atomic E-state index is 13.1. The van der Waals surface area contributed by atoms with Crippen molar-refractivity contribution < 1.29 is 8.78 Å². The fourth-order valence-corrected chi connectivity index (χ4v) is 1.80. The summed E-state index contributed by atoms with van der Waals surface area (Å²) in [6.07, 6.45) is 0.646. The van der Waals surface area contributed by atoms with Gasteiger partial charge in [-0.15, -0.1) is 0 Å². The van der Waals surface area contributed by atoms with E-state index in [0.717, 1.165) is 12.8 Å². The van der Waals surface area contributed by atoms with Crippen LogP contribution in [0.1, 0.15) is 53.4 Å². The zero-order chi connectivity index (χ0) is 11.9. The van der Waals surface area contributed by atoms with Crippen molar-refractivity contribution in [3.8, 4) is 0 Å². The lowest BCUT2D eigenvalue weighted by atomic mass is 9.84. The van der Waals surface area contributed by atoms with Gasteiger partial charge in [-0.2, -0.15) is 0 Å². The monoisotopic (exact) mass is 221 g/mol. The number of alkyl halides is 2. The van der Waals surface area contributed by atoms with E-state index in [1.165, 1.54) is 0 Å². The number of hydrogen-bond donors (Lipinski definition) is 1. The minimum absolute atomic E-state index is 0.350. The molecule has 0 saturated heterocycles. The minimum atomic E-state index is -2.27. The molecule has 1 nitrogen and oxygen atoms in total. The number of rotatable bonds is 8. The lowest BCUT2D eigenvalue weighted by Crippen LogP contribution is -2.52. The van der Waals surface area contributed by atoms with Crippen LogP contribution in [0, 0.1) is 5.92 Å². The van der Waals surface area contributed by atoms with Crippen LogP contribution in [-0.2, 0) is 0 Å². The minimum Gasteiger partial charge on any atom is -0.306 e. The largest absolute Gasteiger partial charge is 0.306 e. The zero-order valence-electron chi connectivity index (χ0n) is 10.4. The van der Waals surface area contributed by atoms with Crippen LogP contribution >= 0.6 is 0 Å². The van der Waals surface area contributed by atoms with E-state index >= 15 is 0 Å². The average Bonchev–Trinajstić information content (AvgIpc) is 2.23. The molecule has 0 aromatic heterocycles. The molecule has 0 heterocycles. The first-order chi connectivity index (χ1) is 7.02. The molecule has 0 spiro atoms. The zero-order valence-corrected chi connectivity index (χ0v) is 10.4. The molecule has 2 atom stereocenters. The van der Waals surface area contributed by atoms with Gasteiger partial charge in [-0.25, -0.2) is 8.78 Å². The molecular weight excluding hydrogens is 196 g/mol. The van der Waals surface area contributed by atoms with Gasteiger partial charge in [0.25, 0.3) is 6.43 Å². The van der Waals surface area contributed by atoms with Gasteiger partial charge in [0.2, 0.25) is 0 Å². The maximum Gasteiger partial charge on any atom is 0.256 e.